The summed E-state index contributed by atoms with van der Waals surface area (Å²) in [4.78, 5) is 29.9. The van der Waals surface area contributed by atoms with Gasteiger partial charge in [-0.25, -0.2) is 9.78 Å². The average Bonchev–Trinajstić information content (AvgIpc) is 3.12. The van der Waals surface area contributed by atoms with Gasteiger partial charge in [0.05, 0.1) is 17.5 Å². The molecule has 0 saturated heterocycles. The molecule has 0 spiro atoms. The Morgan fingerprint density at radius 3 is 2.48 bits per heavy atom. The summed E-state index contributed by atoms with van der Waals surface area (Å²) >= 11 is 0. The summed E-state index contributed by atoms with van der Waals surface area (Å²) in [7, 11) is 1.75. The number of nitriles is 1. The van der Waals surface area contributed by atoms with Crippen molar-refractivity contribution in [2.24, 2.45) is 18.9 Å². The van der Waals surface area contributed by atoms with Crippen molar-refractivity contribution in [1.82, 2.24) is 20.1 Å². The van der Waals surface area contributed by atoms with Crippen LogP contribution in [0.5, 0.6) is 0 Å². The zero-order chi connectivity index (χ0) is 24.2. The van der Waals surface area contributed by atoms with Crippen LogP contribution < -0.4 is 10.6 Å². The molecule has 1 aliphatic rings. The molecule has 1 unspecified atom stereocenters. The van der Waals surface area contributed by atoms with E-state index >= 15 is 0 Å². The topological polar surface area (TPSA) is 122 Å². The molecule has 2 heterocycles. The van der Waals surface area contributed by atoms with Gasteiger partial charge in [0.2, 0.25) is 0 Å². The lowest BCUT2D eigenvalue weighted by molar-refractivity contribution is -0.128. The number of carbonyl (C=O) groups excluding carboxylic acids is 2. The van der Waals surface area contributed by atoms with Crippen molar-refractivity contribution >= 4 is 17.8 Å². The molecule has 2 amide bonds. The molecule has 2 aromatic rings. The van der Waals surface area contributed by atoms with E-state index < -0.39 is 23.6 Å². The number of aryl methyl sites for hydroxylation is 1. The Labute approximate surface area is 194 Å². The number of nitrogens with zero attached hydrogens (tertiary/aromatic N) is 4. The maximum atomic E-state index is 13.1. The first-order valence-corrected chi connectivity index (χ1v) is 11.3. The number of anilines is 1. The van der Waals surface area contributed by atoms with Gasteiger partial charge in [-0.1, -0.05) is 19.8 Å². The van der Waals surface area contributed by atoms with Gasteiger partial charge in [-0.2, -0.15) is 10.4 Å². The van der Waals surface area contributed by atoms with Crippen LogP contribution in [0.25, 0.3) is 11.3 Å². The number of pyridine rings is 1. The summed E-state index contributed by atoms with van der Waals surface area (Å²) in [5.41, 5.74) is 1.34. The summed E-state index contributed by atoms with van der Waals surface area (Å²) < 4.78 is 7.23. The van der Waals surface area contributed by atoms with Crippen LogP contribution in [-0.4, -0.2) is 38.4 Å². The molecule has 0 aliphatic heterocycles. The second kappa shape index (κ2) is 10.0. The molecule has 0 radical (unpaired) electrons. The van der Waals surface area contributed by atoms with E-state index in [2.05, 4.69) is 33.7 Å². The van der Waals surface area contributed by atoms with E-state index in [0.29, 0.717) is 28.6 Å². The molecule has 176 valence electrons. The lowest BCUT2D eigenvalue weighted by atomic mass is 9.80. The maximum Gasteiger partial charge on any atom is 0.408 e. The maximum absolute atomic E-state index is 13.1. The first-order chi connectivity index (χ1) is 15.6. The molecular weight excluding hydrogens is 420 g/mol. The number of hydrogen-bond donors (Lipinski definition) is 2. The van der Waals surface area contributed by atoms with Crippen LogP contribution >= 0.6 is 0 Å². The first kappa shape index (κ1) is 24.2. The molecule has 0 bridgehead atoms. The Bertz CT molecular complexity index is 1020. The highest BCUT2D eigenvalue weighted by molar-refractivity contribution is 5.95. The number of ether oxygens (including phenoxy) is 1. The van der Waals surface area contributed by atoms with E-state index in [0.717, 1.165) is 25.7 Å². The van der Waals surface area contributed by atoms with Gasteiger partial charge >= 0.3 is 6.09 Å². The van der Waals surface area contributed by atoms with E-state index in [1.807, 2.05) is 20.8 Å². The second-order valence-corrected chi connectivity index (χ2v) is 9.78. The van der Waals surface area contributed by atoms with Crippen molar-refractivity contribution in [3.63, 3.8) is 0 Å². The lowest BCUT2D eigenvalue weighted by Crippen LogP contribution is -2.47. The molecule has 1 saturated carbocycles. The SMILES string of the molecule is CC1CCC(C(OC(=O)NC(C)(C)C)C(=O)Nc2ccc(-c3c(C#N)cnn3C)cn2)CC1. The molecule has 1 atom stereocenters. The molecule has 2 N–H and O–H groups in total. The van der Waals surface area contributed by atoms with Gasteiger partial charge in [-0.05, 0) is 51.7 Å². The Morgan fingerprint density at radius 1 is 1.21 bits per heavy atom. The van der Waals surface area contributed by atoms with E-state index in [9.17, 15) is 14.9 Å². The molecular formula is C24H32N6O3. The smallest absolute Gasteiger partial charge is 0.408 e. The highest BCUT2D eigenvalue weighted by Crippen LogP contribution is 2.32. The number of carbonyl (C=O) groups is 2. The predicted molar refractivity (Wildman–Crippen MR) is 124 cm³/mol. The quantitative estimate of drug-likeness (QED) is 0.707. The van der Waals surface area contributed by atoms with Crippen molar-refractivity contribution < 1.29 is 14.3 Å². The van der Waals surface area contributed by atoms with Crippen LogP contribution in [-0.2, 0) is 16.6 Å². The highest BCUT2D eigenvalue weighted by atomic mass is 16.6. The number of amides is 2. The molecule has 3 rings (SSSR count). The summed E-state index contributed by atoms with van der Waals surface area (Å²) in [6.45, 7) is 7.77. The average molecular weight is 453 g/mol. The number of rotatable bonds is 5. The van der Waals surface area contributed by atoms with Gasteiger partial charge in [-0.15, -0.1) is 0 Å². The van der Waals surface area contributed by atoms with Crippen LogP contribution in [0.3, 0.4) is 0 Å². The molecule has 2 aromatic heterocycles. The van der Waals surface area contributed by atoms with Crippen LogP contribution in [0, 0.1) is 23.2 Å². The van der Waals surface area contributed by atoms with Crippen molar-refractivity contribution in [1.29, 1.82) is 5.26 Å². The zero-order valence-electron chi connectivity index (χ0n) is 19.9. The third-order valence-electron chi connectivity index (χ3n) is 5.81. The zero-order valence-corrected chi connectivity index (χ0v) is 19.9. The van der Waals surface area contributed by atoms with Crippen molar-refractivity contribution in [3.05, 3.63) is 30.1 Å². The lowest BCUT2D eigenvalue weighted by Gasteiger charge is -2.32. The minimum Gasteiger partial charge on any atom is -0.436 e. The number of aromatic nitrogens is 3. The third kappa shape index (κ3) is 6.31. The van der Waals surface area contributed by atoms with Gasteiger partial charge in [0.1, 0.15) is 11.9 Å². The van der Waals surface area contributed by atoms with Gasteiger partial charge < -0.3 is 15.4 Å². The third-order valence-corrected chi connectivity index (χ3v) is 5.81. The summed E-state index contributed by atoms with van der Waals surface area (Å²) in [6, 6.07) is 5.55. The van der Waals surface area contributed by atoms with Gasteiger partial charge in [0.15, 0.2) is 6.10 Å². The van der Waals surface area contributed by atoms with Crippen molar-refractivity contribution in [2.45, 2.75) is 65.0 Å². The Hall–Kier alpha value is -3.41. The first-order valence-electron chi connectivity index (χ1n) is 11.3. The largest absolute Gasteiger partial charge is 0.436 e. The molecule has 33 heavy (non-hydrogen) atoms. The van der Waals surface area contributed by atoms with Gasteiger partial charge in [-0.3, -0.25) is 9.48 Å². The van der Waals surface area contributed by atoms with Gasteiger partial charge in [0, 0.05) is 30.3 Å². The minimum atomic E-state index is -0.899. The Kier molecular flexibility index (Phi) is 7.36. The molecule has 1 aliphatic carbocycles. The second-order valence-electron chi connectivity index (χ2n) is 9.78. The fraction of sp³-hybridized carbons (Fsp3) is 0.542. The monoisotopic (exact) mass is 452 g/mol. The normalized spacial score (nSPS) is 19.3. The summed E-state index contributed by atoms with van der Waals surface area (Å²) in [5, 5.41) is 18.9. The predicted octanol–water partition coefficient (Wildman–Crippen LogP) is 4.01. The molecule has 9 heteroatoms. The van der Waals surface area contributed by atoms with E-state index in [1.165, 1.54) is 6.20 Å². The fourth-order valence-electron chi connectivity index (χ4n) is 4.07. The number of alkyl carbamates (subject to hydrolysis) is 1. The van der Waals surface area contributed by atoms with Crippen molar-refractivity contribution in [2.75, 3.05) is 5.32 Å². The Morgan fingerprint density at radius 2 is 1.91 bits per heavy atom. The van der Waals surface area contributed by atoms with Crippen LogP contribution in [0.4, 0.5) is 10.6 Å². The Balaban J connectivity index is 1.75. The van der Waals surface area contributed by atoms with E-state index in [1.54, 1.807) is 30.1 Å². The number of hydrogen-bond acceptors (Lipinski definition) is 6. The highest BCUT2D eigenvalue weighted by Gasteiger charge is 2.35. The van der Waals surface area contributed by atoms with E-state index in [4.69, 9.17) is 4.74 Å². The molecule has 1 fully saturated rings. The van der Waals surface area contributed by atoms with Crippen LogP contribution in [0.15, 0.2) is 24.5 Å². The summed E-state index contributed by atoms with van der Waals surface area (Å²) in [5.74, 6) is 0.516. The summed E-state index contributed by atoms with van der Waals surface area (Å²) in [6.07, 6.45) is 5.22. The number of nitrogens with one attached hydrogen (secondary N) is 2. The standard InChI is InChI=1S/C24H32N6O3/c1-15-6-8-16(9-7-15)21(33-23(32)29-24(2,3)4)22(31)28-19-11-10-17(13-26-19)20-18(12-25)14-27-30(20)5/h10-11,13-16,21H,6-9H2,1-5H3,(H,29,32)(H,26,28,31). The molecule has 0 aromatic carbocycles. The minimum absolute atomic E-state index is 0.0428. The van der Waals surface area contributed by atoms with Gasteiger partial charge in [0.25, 0.3) is 5.91 Å². The van der Waals surface area contributed by atoms with Crippen LogP contribution in [0.2, 0.25) is 0 Å². The van der Waals surface area contributed by atoms with Crippen LogP contribution in [0.1, 0.15) is 58.9 Å². The fourth-order valence-corrected chi connectivity index (χ4v) is 4.07. The van der Waals surface area contributed by atoms with E-state index in [-0.39, 0.29) is 5.92 Å². The van der Waals surface area contributed by atoms with Crippen molar-refractivity contribution in [3.8, 4) is 17.3 Å². The molecule has 9 nitrogen and oxygen atoms in total.